The Hall–Kier alpha value is -1.43. The molecule has 3 fully saturated rings. The van der Waals surface area contributed by atoms with Crippen LogP contribution in [0.25, 0.3) is 0 Å². The number of fused-ring (bicyclic) bond motifs is 1. The molecule has 0 radical (unpaired) electrons. The number of amides is 3. The standard InChI is InChI=1S/C15H23N3O3/c19-13(17-10-4-3-7-16-8-10)9-18-14(20)11-5-1-2-6-12(11)15(18)21/h10-12,16H,1-9H2,(H,17,19)/t10-,11?,12?/m0/s1. The van der Waals surface area contributed by atoms with Crippen molar-refractivity contribution in [3.8, 4) is 0 Å². The molecule has 1 aliphatic carbocycles. The third-order valence-corrected chi connectivity index (χ3v) is 4.90. The predicted octanol–water partition coefficient (Wildman–Crippen LogP) is 0.0298. The highest BCUT2D eigenvalue weighted by molar-refractivity contribution is 6.07. The lowest BCUT2D eigenvalue weighted by Crippen LogP contribution is -2.49. The molecule has 2 unspecified atom stereocenters. The second-order valence-corrected chi connectivity index (χ2v) is 6.37. The van der Waals surface area contributed by atoms with Crippen LogP contribution in [0.1, 0.15) is 38.5 Å². The number of nitrogens with zero attached hydrogens (tertiary/aromatic N) is 1. The molecule has 21 heavy (non-hydrogen) atoms. The summed E-state index contributed by atoms with van der Waals surface area (Å²) in [7, 11) is 0. The van der Waals surface area contributed by atoms with Gasteiger partial charge in [0.2, 0.25) is 17.7 Å². The van der Waals surface area contributed by atoms with E-state index in [2.05, 4.69) is 10.6 Å². The van der Waals surface area contributed by atoms with Crippen molar-refractivity contribution in [2.45, 2.75) is 44.6 Å². The van der Waals surface area contributed by atoms with Crippen LogP contribution in [-0.2, 0) is 14.4 Å². The van der Waals surface area contributed by atoms with Gasteiger partial charge in [0.05, 0.1) is 11.8 Å². The fourth-order valence-corrected chi connectivity index (χ4v) is 3.78. The summed E-state index contributed by atoms with van der Waals surface area (Å²) in [5.74, 6) is -0.835. The summed E-state index contributed by atoms with van der Waals surface area (Å²) in [5, 5.41) is 6.15. The molecule has 2 heterocycles. The zero-order chi connectivity index (χ0) is 14.8. The molecule has 0 bridgehead atoms. The minimum Gasteiger partial charge on any atom is -0.351 e. The molecule has 3 rings (SSSR count). The molecule has 6 nitrogen and oxygen atoms in total. The fourth-order valence-electron chi connectivity index (χ4n) is 3.78. The fraction of sp³-hybridized carbons (Fsp3) is 0.800. The maximum Gasteiger partial charge on any atom is 0.240 e. The largest absolute Gasteiger partial charge is 0.351 e. The van der Waals surface area contributed by atoms with Crippen molar-refractivity contribution in [2.24, 2.45) is 11.8 Å². The number of rotatable bonds is 3. The first-order chi connectivity index (χ1) is 10.2. The molecular formula is C15H23N3O3. The normalized spacial score (nSPS) is 33.0. The van der Waals surface area contributed by atoms with Gasteiger partial charge in [-0.1, -0.05) is 12.8 Å². The average molecular weight is 293 g/mol. The lowest BCUT2D eigenvalue weighted by Gasteiger charge is -2.24. The maximum atomic E-state index is 12.3. The molecule has 0 aromatic carbocycles. The Kier molecular flexibility index (Phi) is 4.24. The minimum atomic E-state index is -0.218. The van der Waals surface area contributed by atoms with Crippen LogP contribution in [0.15, 0.2) is 0 Å². The van der Waals surface area contributed by atoms with E-state index in [4.69, 9.17) is 0 Å². The summed E-state index contributed by atoms with van der Waals surface area (Å²) in [4.78, 5) is 37.8. The second-order valence-electron chi connectivity index (χ2n) is 6.37. The molecule has 2 saturated heterocycles. The van der Waals surface area contributed by atoms with E-state index in [0.717, 1.165) is 51.6 Å². The first-order valence-electron chi connectivity index (χ1n) is 8.02. The Morgan fingerprint density at radius 3 is 2.33 bits per heavy atom. The van der Waals surface area contributed by atoms with E-state index in [1.165, 1.54) is 4.90 Å². The van der Waals surface area contributed by atoms with Crippen molar-refractivity contribution in [3.63, 3.8) is 0 Å². The van der Waals surface area contributed by atoms with E-state index >= 15 is 0 Å². The van der Waals surface area contributed by atoms with Gasteiger partial charge in [-0.05, 0) is 32.2 Å². The number of likely N-dealkylation sites (tertiary alicyclic amines) is 1. The van der Waals surface area contributed by atoms with Gasteiger partial charge < -0.3 is 10.6 Å². The molecule has 1 saturated carbocycles. The molecule has 0 aromatic rings. The van der Waals surface area contributed by atoms with E-state index < -0.39 is 0 Å². The number of carbonyl (C=O) groups excluding carboxylic acids is 3. The van der Waals surface area contributed by atoms with Crippen LogP contribution in [-0.4, -0.2) is 48.3 Å². The topological polar surface area (TPSA) is 78.5 Å². The highest BCUT2D eigenvalue weighted by Crippen LogP contribution is 2.37. The van der Waals surface area contributed by atoms with Crippen LogP contribution in [0.4, 0.5) is 0 Å². The Labute approximate surface area is 124 Å². The average Bonchev–Trinajstić information content (AvgIpc) is 2.74. The zero-order valence-corrected chi connectivity index (χ0v) is 12.3. The SMILES string of the molecule is O=C(CN1C(=O)C2CCCCC2C1=O)N[C@H]1CCCNC1. The van der Waals surface area contributed by atoms with Gasteiger partial charge >= 0.3 is 0 Å². The van der Waals surface area contributed by atoms with E-state index in [0.29, 0.717) is 0 Å². The van der Waals surface area contributed by atoms with Crippen LogP contribution in [0.3, 0.4) is 0 Å². The Bertz CT molecular complexity index is 421. The lowest BCUT2D eigenvalue weighted by molar-refractivity contribution is -0.143. The van der Waals surface area contributed by atoms with Gasteiger partial charge in [-0.3, -0.25) is 19.3 Å². The summed E-state index contributed by atoms with van der Waals surface area (Å²) in [6, 6.07) is 0.112. The summed E-state index contributed by atoms with van der Waals surface area (Å²) in [6.07, 6.45) is 5.59. The summed E-state index contributed by atoms with van der Waals surface area (Å²) >= 11 is 0. The monoisotopic (exact) mass is 293 g/mol. The summed E-state index contributed by atoms with van der Waals surface area (Å²) in [5.41, 5.74) is 0. The van der Waals surface area contributed by atoms with Crippen LogP contribution >= 0.6 is 0 Å². The first kappa shape index (κ1) is 14.5. The van der Waals surface area contributed by atoms with Gasteiger partial charge in [0.25, 0.3) is 0 Å². The molecule has 2 N–H and O–H groups in total. The quantitative estimate of drug-likeness (QED) is 0.720. The van der Waals surface area contributed by atoms with Crippen LogP contribution in [0.5, 0.6) is 0 Å². The van der Waals surface area contributed by atoms with Gasteiger partial charge in [-0.15, -0.1) is 0 Å². The van der Waals surface area contributed by atoms with Gasteiger partial charge in [0.1, 0.15) is 6.54 Å². The van der Waals surface area contributed by atoms with Crippen LogP contribution in [0.2, 0.25) is 0 Å². The first-order valence-corrected chi connectivity index (χ1v) is 8.02. The second kappa shape index (κ2) is 6.13. The summed E-state index contributed by atoms with van der Waals surface area (Å²) < 4.78 is 0. The smallest absolute Gasteiger partial charge is 0.240 e. The van der Waals surface area contributed by atoms with Crippen molar-refractivity contribution in [1.29, 1.82) is 0 Å². The molecule has 3 atom stereocenters. The molecule has 0 aromatic heterocycles. The number of carbonyl (C=O) groups is 3. The van der Waals surface area contributed by atoms with E-state index in [1.54, 1.807) is 0 Å². The van der Waals surface area contributed by atoms with E-state index in [-0.39, 0.29) is 42.1 Å². The number of hydrogen-bond donors (Lipinski definition) is 2. The molecule has 3 amide bonds. The Morgan fingerprint density at radius 2 is 1.76 bits per heavy atom. The number of hydrogen-bond acceptors (Lipinski definition) is 4. The molecular weight excluding hydrogens is 270 g/mol. The van der Waals surface area contributed by atoms with Crippen molar-refractivity contribution in [2.75, 3.05) is 19.6 Å². The lowest BCUT2D eigenvalue weighted by atomic mass is 9.81. The van der Waals surface area contributed by atoms with Crippen molar-refractivity contribution >= 4 is 17.7 Å². The predicted molar refractivity (Wildman–Crippen MR) is 76.2 cm³/mol. The number of imide groups is 1. The Morgan fingerprint density at radius 1 is 1.10 bits per heavy atom. The van der Waals surface area contributed by atoms with Gasteiger partial charge in [-0.25, -0.2) is 0 Å². The molecule has 6 heteroatoms. The third-order valence-electron chi connectivity index (χ3n) is 4.90. The van der Waals surface area contributed by atoms with Gasteiger partial charge in [-0.2, -0.15) is 0 Å². The number of nitrogens with one attached hydrogen (secondary N) is 2. The van der Waals surface area contributed by atoms with Gasteiger partial charge in [0.15, 0.2) is 0 Å². The molecule has 116 valence electrons. The van der Waals surface area contributed by atoms with Gasteiger partial charge in [0, 0.05) is 12.6 Å². The molecule has 2 aliphatic heterocycles. The van der Waals surface area contributed by atoms with E-state index in [9.17, 15) is 14.4 Å². The zero-order valence-electron chi connectivity index (χ0n) is 12.3. The highest BCUT2D eigenvalue weighted by Gasteiger charge is 2.48. The molecule has 0 spiro atoms. The van der Waals surface area contributed by atoms with Crippen molar-refractivity contribution in [3.05, 3.63) is 0 Å². The number of piperidine rings is 1. The maximum absolute atomic E-state index is 12.3. The molecule has 3 aliphatic rings. The summed E-state index contributed by atoms with van der Waals surface area (Å²) in [6.45, 7) is 1.64. The van der Waals surface area contributed by atoms with Crippen LogP contribution in [0, 0.1) is 11.8 Å². The minimum absolute atomic E-state index is 0.110. The third kappa shape index (κ3) is 2.95. The van der Waals surface area contributed by atoms with E-state index in [1.807, 2.05) is 0 Å². The van der Waals surface area contributed by atoms with Crippen LogP contribution < -0.4 is 10.6 Å². The van der Waals surface area contributed by atoms with Crippen molar-refractivity contribution < 1.29 is 14.4 Å². The van der Waals surface area contributed by atoms with Crippen molar-refractivity contribution in [1.82, 2.24) is 15.5 Å². The highest BCUT2D eigenvalue weighted by atomic mass is 16.2. The Balaban J connectivity index is 1.57.